The lowest BCUT2D eigenvalue weighted by Gasteiger charge is -2.14. The molecule has 3 rings (SSSR count). The molecule has 0 amide bonds. The van der Waals surface area contributed by atoms with E-state index in [4.69, 9.17) is 23.2 Å². The third kappa shape index (κ3) is 3.01. The summed E-state index contributed by atoms with van der Waals surface area (Å²) in [5.41, 5.74) is 0.940. The molecule has 2 heterocycles. The van der Waals surface area contributed by atoms with Gasteiger partial charge in [-0.25, -0.2) is 9.97 Å². The van der Waals surface area contributed by atoms with Gasteiger partial charge in [-0.05, 0) is 30.2 Å². The highest BCUT2D eigenvalue weighted by molar-refractivity contribution is 6.37. The van der Waals surface area contributed by atoms with E-state index in [2.05, 4.69) is 9.97 Å². The predicted molar refractivity (Wildman–Crippen MR) is 82.8 cm³/mol. The largest absolute Gasteiger partial charge is 0.416 e. The second-order valence-corrected chi connectivity index (χ2v) is 5.85. The second-order valence-electron chi connectivity index (χ2n) is 5.06. The van der Waals surface area contributed by atoms with Gasteiger partial charge in [0.15, 0.2) is 5.65 Å². The zero-order valence-corrected chi connectivity index (χ0v) is 13.3. The number of halogens is 5. The van der Waals surface area contributed by atoms with Gasteiger partial charge in [0.25, 0.3) is 0 Å². The maximum atomic E-state index is 13.0. The van der Waals surface area contributed by atoms with E-state index >= 15 is 0 Å². The molecular weight excluding hydrogens is 350 g/mol. The number of benzene rings is 1. The van der Waals surface area contributed by atoms with Crippen LogP contribution in [-0.4, -0.2) is 14.5 Å². The molecule has 0 atom stereocenters. The topological polar surface area (TPSA) is 30.7 Å². The third-order valence-electron chi connectivity index (χ3n) is 3.59. The Morgan fingerprint density at radius 1 is 1.22 bits per heavy atom. The Balaban J connectivity index is 2.07. The van der Waals surface area contributed by atoms with Crippen molar-refractivity contribution in [2.24, 2.45) is 0 Å². The van der Waals surface area contributed by atoms with Crippen molar-refractivity contribution in [3.8, 4) is 0 Å². The number of hydrogen-bond donors (Lipinski definition) is 0. The highest BCUT2D eigenvalue weighted by Gasteiger charge is 2.32. The normalized spacial score (nSPS) is 12.1. The molecule has 2 aromatic heterocycles. The van der Waals surface area contributed by atoms with Crippen molar-refractivity contribution in [1.82, 2.24) is 14.5 Å². The number of pyridine rings is 1. The highest BCUT2D eigenvalue weighted by atomic mass is 35.5. The van der Waals surface area contributed by atoms with Gasteiger partial charge in [0.1, 0.15) is 10.7 Å². The van der Waals surface area contributed by atoms with Crippen LogP contribution in [0.4, 0.5) is 13.2 Å². The van der Waals surface area contributed by atoms with E-state index in [0.29, 0.717) is 21.7 Å². The maximum Gasteiger partial charge on any atom is 0.416 e. The summed E-state index contributed by atoms with van der Waals surface area (Å²) in [6.07, 6.45) is -2.90. The smallest absolute Gasteiger partial charge is 0.311 e. The molecule has 0 saturated heterocycles. The summed E-state index contributed by atoms with van der Waals surface area (Å²) < 4.78 is 40.6. The number of nitrogens with zero attached hydrogens (tertiary/aromatic N) is 3. The van der Waals surface area contributed by atoms with Gasteiger partial charge in [-0.1, -0.05) is 35.3 Å². The Bertz CT molecular complexity index is 888. The van der Waals surface area contributed by atoms with E-state index in [0.717, 1.165) is 6.07 Å². The van der Waals surface area contributed by atoms with Gasteiger partial charge >= 0.3 is 6.18 Å². The van der Waals surface area contributed by atoms with Crippen molar-refractivity contribution in [2.75, 3.05) is 0 Å². The second kappa shape index (κ2) is 5.69. The predicted octanol–water partition coefficient (Wildman–Crippen LogP) is 5.11. The van der Waals surface area contributed by atoms with Crippen LogP contribution in [0.15, 0.2) is 30.6 Å². The van der Waals surface area contributed by atoms with Crippen LogP contribution in [0.2, 0.25) is 10.2 Å². The SMILES string of the molecule is Cc1c(Cn2cnc3c(Cl)cc(Cl)nc32)cccc1C(F)(F)F. The van der Waals surface area contributed by atoms with E-state index in [1.165, 1.54) is 25.4 Å². The van der Waals surface area contributed by atoms with Crippen LogP contribution in [0.5, 0.6) is 0 Å². The van der Waals surface area contributed by atoms with E-state index in [1.807, 2.05) is 0 Å². The van der Waals surface area contributed by atoms with E-state index < -0.39 is 11.7 Å². The first-order chi connectivity index (χ1) is 10.8. The van der Waals surface area contributed by atoms with Crippen molar-refractivity contribution in [1.29, 1.82) is 0 Å². The van der Waals surface area contributed by atoms with Crippen LogP contribution in [0.1, 0.15) is 16.7 Å². The summed E-state index contributed by atoms with van der Waals surface area (Å²) in [6, 6.07) is 5.56. The minimum atomic E-state index is -4.39. The number of imidazole rings is 1. The lowest BCUT2D eigenvalue weighted by molar-refractivity contribution is -0.138. The lowest BCUT2D eigenvalue weighted by Crippen LogP contribution is -2.10. The fourth-order valence-corrected chi connectivity index (χ4v) is 2.91. The zero-order chi connectivity index (χ0) is 16.8. The molecule has 0 unspecified atom stereocenters. The van der Waals surface area contributed by atoms with Crippen molar-refractivity contribution < 1.29 is 13.2 Å². The van der Waals surface area contributed by atoms with Crippen molar-refractivity contribution >= 4 is 34.4 Å². The molecule has 3 nitrogen and oxygen atoms in total. The van der Waals surface area contributed by atoms with Gasteiger partial charge in [0, 0.05) is 0 Å². The van der Waals surface area contributed by atoms with Gasteiger partial charge in [-0.15, -0.1) is 0 Å². The summed E-state index contributed by atoms with van der Waals surface area (Å²) in [5, 5.41) is 0.546. The molecule has 8 heteroatoms. The average molecular weight is 360 g/mol. The fourth-order valence-electron chi connectivity index (χ4n) is 2.43. The zero-order valence-electron chi connectivity index (χ0n) is 11.8. The van der Waals surface area contributed by atoms with E-state index in [1.54, 1.807) is 10.6 Å². The van der Waals surface area contributed by atoms with Gasteiger partial charge in [-0.3, -0.25) is 0 Å². The summed E-state index contributed by atoms with van der Waals surface area (Å²) >= 11 is 11.9. The van der Waals surface area contributed by atoms with Crippen LogP contribution < -0.4 is 0 Å². The summed E-state index contributed by atoms with van der Waals surface area (Å²) in [7, 11) is 0. The molecule has 0 fully saturated rings. The van der Waals surface area contributed by atoms with Crippen molar-refractivity contribution in [3.63, 3.8) is 0 Å². The third-order valence-corrected chi connectivity index (χ3v) is 4.07. The molecule has 0 N–H and O–H groups in total. The average Bonchev–Trinajstić information content (AvgIpc) is 2.83. The summed E-state index contributed by atoms with van der Waals surface area (Å²) in [4.78, 5) is 8.30. The van der Waals surface area contributed by atoms with Crippen LogP contribution >= 0.6 is 23.2 Å². The van der Waals surface area contributed by atoms with Crippen LogP contribution in [0.3, 0.4) is 0 Å². The van der Waals surface area contributed by atoms with Crippen LogP contribution in [0.25, 0.3) is 11.2 Å². The first-order valence-corrected chi connectivity index (χ1v) is 7.35. The Morgan fingerprint density at radius 2 is 1.96 bits per heavy atom. The molecule has 23 heavy (non-hydrogen) atoms. The number of aromatic nitrogens is 3. The maximum absolute atomic E-state index is 13.0. The molecule has 0 radical (unpaired) electrons. The Kier molecular flexibility index (Phi) is 3.98. The molecule has 0 bridgehead atoms. The molecular formula is C15H10Cl2F3N3. The number of hydrogen-bond acceptors (Lipinski definition) is 2. The van der Waals surface area contributed by atoms with Crippen LogP contribution in [-0.2, 0) is 12.7 Å². The van der Waals surface area contributed by atoms with Crippen molar-refractivity contribution in [3.05, 3.63) is 57.5 Å². The minimum absolute atomic E-state index is 0.176. The molecule has 0 aliphatic heterocycles. The summed E-state index contributed by atoms with van der Waals surface area (Å²) in [5.74, 6) is 0. The van der Waals surface area contributed by atoms with E-state index in [-0.39, 0.29) is 17.3 Å². The molecule has 0 saturated carbocycles. The molecule has 0 aliphatic carbocycles. The monoisotopic (exact) mass is 359 g/mol. The number of fused-ring (bicyclic) bond motifs is 1. The quantitative estimate of drug-likeness (QED) is 0.595. The van der Waals surface area contributed by atoms with Gasteiger partial charge in [-0.2, -0.15) is 13.2 Å². The van der Waals surface area contributed by atoms with Gasteiger partial charge in [0.2, 0.25) is 0 Å². The Hall–Kier alpha value is -1.79. The molecule has 0 aliphatic rings. The highest BCUT2D eigenvalue weighted by Crippen LogP contribution is 2.33. The molecule has 0 spiro atoms. The Morgan fingerprint density at radius 3 is 2.65 bits per heavy atom. The van der Waals surface area contributed by atoms with Gasteiger partial charge in [0.05, 0.1) is 23.5 Å². The molecule has 120 valence electrons. The summed E-state index contributed by atoms with van der Waals surface area (Å²) in [6.45, 7) is 1.64. The first kappa shape index (κ1) is 16.1. The lowest BCUT2D eigenvalue weighted by atomic mass is 10.0. The first-order valence-electron chi connectivity index (χ1n) is 6.60. The molecule has 1 aromatic carbocycles. The fraction of sp³-hybridized carbons (Fsp3) is 0.200. The number of rotatable bonds is 2. The van der Waals surface area contributed by atoms with Gasteiger partial charge < -0.3 is 4.57 Å². The molecule has 3 aromatic rings. The number of alkyl halides is 3. The van der Waals surface area contributed by atoms with Crippen molar-refractivity contribution in [2.45, 2.75) is 19.6 Å². The minimum Gasteiger partial charge on any atom is -0.311 e. The Labute approximate surface area is 139 Å². The standard InChI is InChI=1S/C15H10Cl2F3N3/c1-8-9(3-2-4-10(8)15(18,19)20)6-23-7-21-13-11(16)5-12(17)22-14(13)23/h2-5,7H,6H2,1H3. The van der Waals surface area contributed by atoms with E-state index in [9.17, 15) is 13.2 Å². The van der Waals surface area contributed by atoms with Crippen LogP contribution in [0, 0.1) is 6.92 Å².